The molecule has 4 rings (SSSR count). The van der Waals surface area contributed by atoms with Crippen LogP contribution in [0.25, 0.3) is 11.6 Å². The summed E-state index contributed by atoms with van der Waals surface area (Å²) in [5.41, 5.74) is 0.687. The minimum absolute atomic E-state index is 0.115. The van der Waals surface area contributed by atoms with Gasteiger partial charge in [-0.1, -0.05) is 17.8 Å². The molecule has 1 aliphatic rings. The number of methoxy groups -OCH3 is 1. The predicted octanol–water partition coefficient (Wildman–Crippen LogP) is 3.46. The van der Waals surface area contributed by atoms with Gasteiger partial charge < -0.3 is 19.2 Å². The Morgan fingerprint density at radius 3 is 3.03 bits per heavy atom. The van der Waals surface area contributed by atoms with Gasteiger partial charge in [0.2, 0.25) is 11.7 Å². The second-order valence-corrected chi connectivity index (χ2v) is 7.54. The van der Waals surface area contributed by atoms with Crippen molar-refractivity contribution in [1.29, 1.82) is 0 Å². The van der Waals surface area contributed by atoms with E-state index in [9.17, 15) is 4.79 Å². The monoisotopic (exact) mass is 414 g/mol. The maximum atomic E-state index is 12.4. The number of nitrogens with zero attached hydrogens (tertiary/aromatic N) is 3. The van der Waals surface area contributed by atoms with Crippen molar-refractivity contribution in [2.75, 3.05) is 24.8 Å². The Morgan fingerprint density at radius 1 is 1.34 bits per heavy atom. The van der Waals surface area contributed by atoms with Gasteiger partial charge in [0, 0.05) is 18.4 Å². The first-order valence-electron chi connectivity index (χ1n) is 9.38. The fourth-order valence-electron chi connectivity index (χ4n) is 3.17. The number of rotatable bonds is 8. The number of benzene rings is 1. The van der Waals surface area contributed by atoms with Gasteiger partial charge in [0.25, 0.3) is 0 Å². The van der Waals surface area contributed by atoms with Crippen molar-refractivity contribution >= 4 is 23.4 Å². The summed E-state index contributed by atoms with van der Waals surface area (Å²) in [6.07, 6.45) is 3.77. The third kappa shape index (κ3) is 4.80. The van der Waals surface area contributed by atoms with E-state index in [-0.39, 0.29) is 17.8 Å². The maximum Gasteiger partial charge on any atom is 0.234 e. The molecule has 9 heteroatoms. The molecule has 0 spiro atoms. The SMILES string of the molecule is COc1cccc(NC(=O)CSc2nnc(-c3ccco3)n2CC2CCCO2)c1. The average Bonchev–Trinajstić information content (AvgIpc) is 3.49. The predicted molar refractivity (Wildman–Crippen MR) is 109 cm³/mol. The van der Waals surface area contributed by atoms with Crippen molar-refractivity contribution in [3.8, 4) is 17.3 Å². The number of amides is 1. The van der Waals surface area contributed by atoms with E-state index in [0.717, 1.165) is 19.4 Å². The average molecular weight is 414 g/mol. The Kier molecular flexibility index (Phi) is 6.16. The summed E-state index contributed by atoms with van der Waals surface area (Å²) in [6.45, 7) is 1.40. The molecule has 1 N–H and O–H groups in total. The Hall–Kier alpha value is -2.78. The summed E-state index contributed by atoms with van der Waals surface area (Å²) in [4.78, 5) is 12.4. The number of anilines is 1. The lowest BCUT2D eigenvalue weighted by Crippen LogP contribution is -2.18. The molecule has 2 aromatic heterocycles. The number of aromatic nitrogens is 3. The second kappa shape index (κ2) is 9.15. The summed E-state index contributed by atoms with van der Waals surface area (Å²) in [6, 6.07) is 10.9. The smallest absolute Gasteiger partial charge is 0.234 e. The normalized spacial score (nSPS) is 16.1. The summed E-state index contributed by atoms with van der Waals surface area (Å²) in [5.74, 6) is 2.05. The highest BCUT2D eigenvalue weighted by molar-refractivity contribution is 7.99. The molecule has 0 radical (unpaired) electrons. The molecule has 1 fully saturated rings. The van der Waals surface area contributed by atoms with E-state index in [4.69, 9.17) is 13.9 Å². The van der Waals surface area contributed by atoms with Crippen molar-refractivity contribution < 1.29 is 18.7 Å². The molecule has 1 aliphatic heterocycles. The van der Waals surface area contributed by atoms with Gasteiger partial charge >= 0.3 is 0 Å². The van der Waals surface area contributed by atoms with Gasteiger partial charge in [-0.05, 0) is 37.1 Å². The lowest BCUT2D eigenvalue weighted by Gasteiger charge is -2.14. The van der Waals surface area contributed by atoms with E-state index in [0.29, 0.717) is 34.7 Å². The number of nitrogens with one attached hydrogen (secondary N) is 1. The molecule has 3 aromatic rings. The van der Waals surface area contributed by atoms with Crippen LogP contribution in [-0.2, 0) is 16.1 Å². The molecular weight excluding hydrogens is 392 g/mol. The Morgan fingerprint density at radius 2 is 2.28 bits per heavy atom. The topological polar surface area (TPSA) is 91.4 Å². The molecule has 0 bridgehead atoms. The number of hydrogen-bond acceptors (Lipinski definition) is 7. The second-order valence-electron chi connectivity index (χ2n) is 6.60. The summed E-state index contributed by atoms with van der Waals surface area (Å²) in [7, 11) is 1.59. The Balaban J connectivity index is 1.45. The van der Waals surface area contributed by atoms with Crippen LogP contribution in [0, 0.1) is 0 Å². The van der Waals surface area contributed by atoms with Crippen molar-refractivity contribution in [3.63, 3.8) is 0 Å². The van der Waals surface area contributed by atoms with Crippen LogP contribution in [0.1, 0.15) is 12.8 Å². The molecule has 0 saturated carbocycles. The number of carbonyl (C=O) groups is 1. The van der Waals surface area contributed by atoms with Crippen LogP contribution in [0.4, 0.5) is 5.69 Å². The molecule has 8 nitrogen and oxygen atoms in total. The molecule has 0 aliphatic carbocycles. The lowest BCUT2D eigenvalue weighted by atomic mass is 10.2. The number of carbonyl (C=O) groups excluding carboxylic acids is 1. The largest absolute Gasteiger partial charge is 0.497 e. The van der Waals surface area contributed by atoms with Gasteiger partial charge in [-0.15, -0.1) is 10.2 Å². The maximum absolute atomic E-state index is 12.4. The standard InChI is InChI=1S/C20H22N4O4S/c1-26-15-6-2-5-14(11-15)21-18(25)13-29-20-23-22-19(17-8-4-10-28-17)24(20)12-16-7-3-9-27-16/h2,4-6,8,10-11,16H,3,7,9,12-13H2,1H3,(H,21,25). The van der Waals surface area contributed by atoms with Crippen LogP contribution >= 0.6 is 11.8 Å². The quantitative estimate of drug-likeness (QED) is 0.565. The minimum atomic E-state index is -0.130. The molecule has 1 atom stereocenters. The zero-order valence-corrected chi connectivity index (χ0v) is 16.9. The molecule has 29 heavy (non-hydrogen) atoms. The fraction of sp³-hybridized carbons (Fsp3) is 0.350. The van der Waals surface area contributed by atoms with E-state index < -0.39 is 0 Å². The van der Waals surface area contributed by atoms with Crippen molar-refractivity contribution in [2.24, 2.45) is 0 Å². The summed E-state index contributed by atoms with van der Waals surface area (Å²) >= 11 is 1.33. The van der Waals surface area contributed by atoms with Crippen molar-refractivity contribution in [3.05, 3.63) is 42.7 Å². The molecule has 1 aromatic carbocycles. The molecular formula is C20H22N4O4S. The third-order valence-corrected chi connectivity index (χ3v) is 5.52. The van der Waals surface area contributed by atoms with E-state index in [1.54, 1.807) is 19.4 Å². The molecule has 1 unspecified atom stereocenters. The van der Waals surface area contributed by atoms with E-state index in [1.807, 2.05) is 34.9 Å². The highest BCUT2D eigenvalue weighted by Crippen LogP contribution is 2.27. The van der Waals surface area contributed by atoms with E-state index in [1.165, 1.54) is 11.8 Å². The Bertz CT molecular complexity index is 951. The van der Waals surface area contributed by atoms with Gasteiger partial charge in [0.15, 0.2) is 10.9 Å². The Labute approximate surface area is 172 Å². The first kappa shape index (κ1) is 19.5. The van der Waals surface area contributed by atoms with Crippen LogP contribution in [0.2, 0.25) is 0 Å². The van der Waals surface area contributed by atoms with E-state index >= 15 is 0 Å². The third-order valence-electron chi connectivity index (χ3n) is 4.55. The number of hydrogen-bond donors (Lipinski definition) is 1. The van der Waals surface area contributed by atoms with Gasteiger partial charge in [-0.2, -0.15) is 0 Å². The van der Waals surface area contributed by atoms with Gasteiger partial charge in [0.05, 0.1) is 31.8 Å². The van der Waals surface area contributed by atoms with E-state index in [2.05, 4.69) is 15.5 Å². The molecule has 1 saturated heterocycles. The van der Waals surface area contributed by atoms with Crippen LogP contribution in [0.3, 0.4) is 0 Å². The van der Waals surface area contributed by atoms with Gasteiger partial charge in [-0.25, -0.2) is 0 Å². The zero-order valence-electron chi connectivity index (χ0n) is 16.0. The molecule has 3 heterocycles. The minimum Gasteiger partial charge on any atom is -0.497 e. The highest BCUT2D eigenvalue weighted by Gasteiger charge is 2.23. The molecule has 1 amide bonds. The van der Waals surface area contributed by atoms with Crippen LogP contribution in [0.15, 0.2) is 52.2 Å². The first-order valence-corrected chi connectivity index (χ1v) is 10.4. The highest BCUT2D eigenvalue weighted by atomic mass is 32.2. The van der Waals surface area contributed by atoms with Gasteiger partial charge in [-0.3, -0.25) is 9.36 Å². The summed E-state index contributed by atoms with van der Waals surface area (Å²) < 4.78 is 18.4. The first-order chi connectivity index (χ1) is 14.2. The van der Waals surface area contributed by atoms with Crippen LogP contribution in [-0.4, -0.2) is 46.2 Å². The lowest BCUT2D eigenvalue weighted by molar-refractivity contribution is -0.113. The zero-order chi connectivity index (χ0) is 20.1. The number of furan rings is 1. The summed E-state index contributed by atoms with van der Waals surface area (Å²) in [5, 5.41) is 12.1. The van der Waals surface area contributed by atoms with Crippen LogP contribution in [0.5, 0.6) is 5.75 Å². The van der Waals surface area contributed by atoms with Crippen molar-refractivity contribution in [1.82, 2.24) is 14.8 Å². The van der Waals surface area contributed by atoms with Crippen LogP contribution < -0.4 is 10.1 Å². The number of ether oxygens (including phenoxy) is 2. The van der Waals surface area contributed by atoms with Crippen molar-refractivity contribution in [2.45, 2.75) is 30.6 Å². The number of thioether (sulfide) groups is 1. The van der Waals surface area contributed by atoms with Gasteiger partial charge in [0.1, 0.15) is 5.75 Å². The molecule has 152 valence electrons. The fourth-order valence-corrected chi connectivity index (χ4v) is 3.92.